The fourth-order valence-corrected chi connectivity index (χ4v) is 6.24. The summed E-state index contributed by atoms with van der Waals surface area (Å²) >= 11 is 12.3. The summed E-state index contributed by atoms with van der Waals surface area (Å²) in [4.78, 5) is 25.8. The van der Waals surface area contributed by atoms with E-state index in [9.17, 15) is 23.3 Å². The number of nitro groups is 1. The van der Waals surface area contributed by atoms with E-state index in [0.29, 0.717) is 37.7 Å². The Kier molecular flexibility index (Phi) is 12.4. The van der Waals surface area contributed by atoms with Crippen LogP contribution in [0.3, 0.4) is 0 Å². The zero-order chi connectivity index (χ0) is 30.9. The maximum atomic E-state index is 13.8. The summed E-state index contributed by atoms with van der Waals surface area (Å²) in [5.74, 6) is -0.277. The van der Waals surface area contributed by atoms with Gasteiger partial charge < -0.3 is 14.2 Å². The highest BCUT2D eigenvalue weighted by molar-refractivity contribution is 7.89. The number of aromatic nitrogens is 1. The van der Waals surface area contributed by atoms with Crippen molar-refractivity contribution in [3.8, 4) is 0 Å². The van der Waals surface area contributed by atoms with Crippen molar-refractivity contribution in [3.63, 3.8) is 0 Å². The molecule has 0 saturated carbocycles. The van der Waals surface area contributed by atoms with Gasteiger partial charge in [0.15, 0.2) is 0 Å². The summed E-state index contributed by atoms with van der Waals surface area (Å²) in [6.07, 6.45) is 2.25. The third-order valence-corrected chi connectivity index (χ3v) is 9.01. The molecule has 3 aromatic rings. The lowest BCUT2D eigenvalue weighted by Gasteiger charge is -2.29. The van der Waals surface area contributed by atoms with Crippen molar-refractivity contribution in [1.29, 1.82) is 0 Å². The van der Waals surface area contributed by atoms with Gasteiger partial charge in [0.25, 0.3) is 5.69 Å². The van der Waals surface area contributed by atoms with E-state index >= 15 is 0 Å². The van der Waals surface area contributed by atoms with Crippen molar-refractivity contribution in [1.82, 2.24) is 13.8 Å². The predicted molar refractivity (Wildman–Crippen MR) is 163 cm³/mol. The minimum Gasteiger partial charge on any atom is -0.382 e. The second-order valence-electron chi connectivity index (χ2n) is 10.1. The number of amides is 1. The molecule has 2 aromatic carbocycles. The quantitative estimate of drug-likeness (QED) is 0.110. The molecule has 228 valence electrons. The second-order valence-corrected chi connectivity index (χ2v) is 12.9. The largest absolute Gasteiger partial charge is 0.382 e. The van der Waals surface area contributed by atoms with Crippen LogP contribution >= 0.6 is 23.2 Å². The molecule has 13 heteroatoms. The highest BCUT2D eigenvalue weighted by atomic mass is 35.5. The Hall–Kier alpha value is -2.96. The standard InChI is InChI=1S/C29H36Cl2N4O6S/c1-4-41-16-8-15-34(42(39,40)25-12-13-27(31)28(17-25)35(37)38)21-29(36)33(18-22(2)3)20-24-10-7-14-32(24)19-23-9-5-6-11-26(23)30/h5-7,9-14,17,22H,4,8,15-16,18-21H2,1-3H3. The molecule has 0 atom stereocenters. The van der Waals surface area contributed by atoms with Crippen LogP contribution in [-0.4, -0.2) is 65.9 Å². The monoisotopic (exact) mass is 638 g/mol. The highest BCUT2D eigenvalue weighted by Crippen LogP contribution is 2.29. The van der Waals surface area contributed by atoms with E-state index < -0.39 is 33.1 Å². The smallest absolute Gasteiger partial charge is 0.289 e. The lowest BCUT2D eigenvalue weighted by atomic mass is 10.2. The van der Waals surface area contributed by atoms with E-state index in [1.54, 1.807) is 4.90 Å². The van der Waals surface area contributed by atoms with Crippen LogP contribution in [-0.2, 0) is 32.6 Å². The van der Waals surface area contributed by atoms with Crippen LogP contribution in [0.15, 0.2) is 65.7 Å². The van der Waals surface area contributed by atoms with Gasteiger partial charge in [0.05, 0.1) is 22.9 Å². The van der Waals surface area contributed by atoms with Crippen LogP contribution in [0.2, 0.25) is 10.0 Å². The van der Waals surface area contributed by atoms with Crippen LogP contribution in [0.5, 0.6) is 0 Å². The number of benzene rings is 2. The summed E-state index contributed by atoms with van der Waals surface area (Å²) in [7, 11) is -4.29. The van der Waals surface area contributed by atoms with E-state index in [2.05, 4.69) is 0 Å². The molecule has 0 N–H and O–H groups in total. The average Bonchev–Trinajstić information content (AvgIpc) is 3.37. The molecule has 10 nitrogen and oxygen atoms in total. The first-order valence-corrected chi connectivity index (χ1v) is 15.8. The molecule has 0 aliphatic rings. The first-order valence-electron chi connectivity index (χ1n) is 13.6. The lowest BCUT2D eigenvalue weighted by Crippen LogP contribution is -2.44. The van der Waals surface area contributed by atoms with Gasteiger partial charge in [-0.3, -0.25) is 14.9 Å². The molecule has 3 rings (SSSR count). The molecule has 42 heavy (non-hydrogen) atoms. The number of sulfonamides is 1. The minimum atomic E-state index is -4.29. The number of hydrogen-bond acceptors (Lipinski definition) is 6. The number of hydrogen-bond donors (Lipinski definition) is 0. The molecule has 1 heterocycles. The van der Waals surface area contributed by atoms with Crippen LogP contribution in [0.25, 0.3) is 0 Å². The molecule has 0 fully saturated rings. The topological polar surface area (TPSA) is 115 Å². The molecule has 1 aromatic heterocycles. The molecule has 0 radical (unpaired) electrons. The van der Waals surface area contributed by atoms with Gasteiger partial charge in [-0.05, 0) is 55.2 Å². The molecule has 1 amide bonds. The van der Waals surface area contributed by atoms with E-state index in [1.165, 1.54) is 12.1 Å². The van der Waals surface area contributed by atoms with Crippen molar-refractivity contribution in [2.24, 2.45) is 5.92 Å². The molecule has 0 bridgehead atoms. The van der Waals surface area contributed by atoms with Crippen LogP contribution in [0.1, 0.15) is 38.4 Å². The molecule has 0 aliphatic carbocycles. The van der Waals surface area contributed by atoms with Gasteiger partial charge in [-0.15, -0.1) is 0 Å². The van der Waals surface area contributed by atoms with Gasteiger partial charge in [-0.2, -0.15) is 4.31 Å². The SMILES string of the molecule is CCOCCCN(CC(=O)N(Cc1cccn1Cc1ccccc1Cl)CC(C)C)S(=O)(=O)c1ccc(Cl)c([N+](=O)[O-])c1. The summed E-state index contributed by atoms with van der Waals surface area (Å²) in [5, 5.41) is 11.9. The number of carbonyl (C=O) groups is 1. The number of nitro benzene ring substituents is 1. The van der Waals surface area contributed by atoms with Gasteiger partial charge in [0.2, 0.25) is 15.9 Å². The van der Waals surface area contributed by atoms with Gasteiger partial charge in [0.1, 0.15) is 5.02 Å². The first-order chi connectivity index (χ1) is 19.9. The molecule has 0 unspecified atom stereocenters. The van der Waals surface area contributed by atoms with Crippen molar-refractivity contribution in [3.05, 3.63) is 92.2 Å². The Morgan fingerprint density at radius 3 is 2.50 bits per heavy atom. The third-order valence-electron chi connectivity index (χ3n) is 6.48. The molecule has 0 aliphatic heterocycles. The second kappa shape index (κ2) is 15.5. The summed E-state index contributed by atoms with van der Waals surface area (Å²) in [5.41, 5.74) is 1.27. The Morgan fingerprint density at radius 1 is 1.10 bits per heavy atom. The molecular formula is C29H36Cl2N4O6S. The molecular weight excluding hydrogens is 603 g/mol. The number of ether oxygens (including phenoxy) is 1. The number of halogens is 2. The third kappa shape index (κ3) is 9.02. The van der Waals surface area contributed by atoms with E-state index in [0.717, 1.165) is 21.6 Å². The maximum Gasteiger partial charge on any atom is 0.289 e. The Balaban J connectivity index is 1.88. The van der Waals surface area contributed by atoms with Gasteiger partial charge >= 0.3 is 0 Å². The Bertz CT molecular complexity index is 1480. The van der Waals surface area contributed by atoms with Crippen molar-refractivity contribution in [2.75, 3.05) is 32.8 Å². The van der Waals surface area contributed by atoms with Crippen molar-refractivity contribution < 1.29 is 22.9 Å². The summed E-state index contributed by atoms with van der Waals surface area (Å²) in [6, 6.07) is 14.6. The number of nitrogens with zero attached hydrogens (tertiary/aromatic N) is 4. The molecule has 0 saturated heterocycles. The Labute approximate surface area is 257 Å². The first kappa shape index (κ1) is 33.5. The average molecular weight is 640 g/mol. The van der Waals surface area contributed by atoms with E-state index in [4.69, 9.17) is 27.9 Å². The van der Waals surface area contributed by atoms with Gasteiger partial charge in [-0.1, -0.05) is 55.2 Å². The fraction of sp³-hybridized carbons (Fsp3) is 0.414. The van der Waals surface area contributed by atoms with Crippen LogP contribution in [0.4, 0.5) is 5.69 Å². The number of carbonyl (C=O) groups excluding carboxylic acids is 1. The normalized spacial score (nSPS) is 11.8. The van der Waals surface area contributed by atoms with E-state index in [1.807, 2.05) is 67.9 Å². The zero-order valence-electron chi connectivity index (χ0n) is 23.9. The highest BCUT2D eigenvalue weighted by Gasteiger charge is 2.30. The van der Waals surface area contributed by atoms with Gasteiger partial charge in [0, 0.05) is 55.8 Å². The van der Waals surface area contributed by atoms with Crippen molar-refractivity contribution >= 4 is 44.8 Å². The predicted octanol–water partition coefficient (Wildman–Crippen LogP) is 5.85. The maximum absolute atomic E-state index is 13.8. The van der Waals surface area contributed by atoms with Crippen LogP contribution in [0, 0.1) is 16.0 Å². The Morgan fingerprint density at radius 2 is 1.83 bits per heavy atom. The number of rotatable bonds is 16. The van der Waals surface area contributed by atoms with Gasteiger partial charge in [-0.25, -0.2) is 8.42 Å². The fourth-order valence-electron chi connectivity index (χ4n) is 4.41. The zero-order valence-corrected chi connectivity index (χ0v) is 26.2. The van der Waals surface area contributed by atoms with E-state index in [-0.39, 0.29) is 28.9 Å². The van der Waals surface area contributed by atoms with Crippen LogP contribution < -0.4 is 0 Å². The summed E-state index contributed by atoms with van der Waals surface area (Å²) < 4.78 is 35.8. The molecule has 0 spiro atoms. The summed E-state index contributed by atoms with van der Waals surface area (Å²) in [6.45, 7) is 7.26. The minimum absolute atomic E-state index is 0.0110. The lowest BCUT2D eigenvalue weighted by molar-refractivity contribution is -0.384. The van der Waals surface area contributed by atoms with Crippen molar-refractivity contribution in [2.45, 2.75) is 45.2 Å².